The molecule has 0 aliphatic rings. The summed E-state index contributed by atoms with van der Waals surface area (Å²) < 4.78 is 4.71. The molecule has 0 aromatic carbocycles. The summed E-state index contributed by atoms with van der Waals surface area (Å²) in [4.78, 5) is 21.6. The van der Waals surface area contributed by atoms with Crippen molar-refractivity contribution in [2.45, 2.75) is 13.8 Å². The Kier molecular flexibility index (Phi) is 6.74. The Labute approximate surface area is 83.4 Å². The van der Waals surface area contributed by atoms with Crippen molar-refractivity contribution in [3.05, 3.63) is 6.42 Å². The fourth-order valence-electron chi connectivity index (χ4n) is 0.840. The van der Waals surface area contributed by atoms with Crippen LogP contribution in [0.4, 0.5) is 0 Å². The van der Waals surface area contributed by atoms with Crippen molar-refractivity contribution in [1.29, 1.82) is 0 Å². The predicted molar refractivity (Wildman–Crippen MR) is 50.2 cm³/mol. The average Bonchev–Trinajstić information content (AvgIpc) is 2.12. The zero-order valence-corrected chi connectivity index (χ0v) is 8.45. The van der Waals surface area contributed by atoms with E-state index in [0.717, 1.165) is 0 Å². The van der Waals surface area contributed by atoms with Gasteiger partial charge in [-0.05, 0) is 13.3 Å². The second-order valence-corrected chi connectivity index (χ2v) is 2.71. The Morgan fingerprint density at radius 2 is 2.21 bits per heavy atom. The average molecular weight is 202 g/mol. The van der Waals surface area contributed by atoms with E-state index >= 15 is 0 Å². The van der Waals surface area contributed by atoms with Crippen LogP contribution >= 0.6 is 0 Å². The van der Waals surface area contributed by atoms with Crippen LogP contribution in [0.1, 0.15) is 13.8 Å². The first-order valence-electron chi connectivity index (χ1n) is 4.47. The monoisotopic (exact) mass is 202 g/mol. The normalized spacial score (nSPS) is 11.9. The number of carbonyl (C=O) groups is 2. The first-order valence-corrected chi connectivity index (χ1v) is 4.47. The summed E-state index contributed by atoms with van der Waals surface area (Å²) >= 11 is 0. The molecule has 5 heteroatoms. The van der Waals surface area contributed by atoms with E-state index in [1.54, 1.807) is 6.92 Å². The van der Waals surface area contributed by atoms with Gasteiger partial charge in [-0.15, -0.1) is 0 Å². The second-order valence-electron chi connectivity index (χ2n) is 2.71. The highest BCUT2D eigenvalue weighted by atomic mass is 16.5. The molecule has 0 aliphatic carbocycles. The first-order chi connectivity index (χ1) is 6.61. The molecule has 0 aliphatic heterocycles. The van der Waals surface area contributed by atoms with Gasteiger partial charge >= 0.3 is 5.97 Å². The molecule has 0 aromatic heterocycles. The van der Waals surface area contributed by atoms with Crippen LogP contribution in [0.3, 0.4) is 0 Å². The molecule has 0 spiro atoms. The largest absolute Gasteiger partial charge is 0.466 e. The zero-order chi connectivity index (χ0) is 11.0. The molecule has 81 valence electrons. The molecule has 2 N–H and O–H groups in total. The van der Waals surface area contributed by atoms with E-state index in [1.807, 2.05) is 0 Å². The molecule has 5 nitrogen and oxygen atoms in total. The van der Waals surface area contributed by atoms with Crippen molar-refractivity contribution in [1.82, 2.24) is 5.32 Å². The number of ether oxygens (including phenoxy) is 1. The molecule has 1 unspecified atom stereocenters. The predicted octanol–water partition coefficient (Wildman–Crippen LogP) is -0.502. The summed E-state index contributed by atoms with van der Waals surface area (Å²) in [5, 5.41) is 11.3. The van der Waals surface area contributed by atoms with Crippen molar-refractivity contribution in [2.24, 2.45) is 5.92 Å². The summed E-state index contributed by atoms with van der Waals surface area (Å²) in [7, 11) is 0. The van der Waals surface area contributed by atoms with Gasteiger partial charge in [0, 0.05) is 13.5 Å². The summed E-state index contributed by atoms with van der Waals surface area (Å²) in [6.45, 7) is 3.30. The lowest BCUT2D eigenvalue weighted by Crippen LogP contribution is -2.29. The maximum atomic E-state index is 11.1. The minimum atomic E-state index is -0.665. The fraction of sp³-hybridized carbons (Fsp3) is 0.667. The van der Waals surface area contributed by atoms with E-state index in [9.17, 15) is 9.59 Å². The van der Waals surface area contributed by atoms with Gasteiger partial charge in [0.05, 0.1) is 19.1 Å². The van der Waals surface area contributed by atoms with Gasteiger partial charge in [-0.25, -0.2) is 0 Å². The van der Waals surface area contributed by atoms with Crippen LogP contribution in [-0.2, 0) is 14.3 Å². The first kappa shape index (κ1) is 12.9. The Hall–Kier alpha value is -1.10. The minimum Gasteiger partial charge on any atom is -0.466 e. The highest BCUT2D eigenvalue weighted by Crippen LogP contribution is 2.02. The van der Waals surface area contributed by atoms with E-state index in [0.29, 0.717) is 0 Å². The molecule has 14 heavy (non-hydrogen) atoms. The summed E-state index contributed by atoms with van der Waals surface area (Å²) in [5.74, 6) is -1.32. The van der Waals surface area contributed by atoms with Gasteiger partial charge in [-0.3, -0.25) is 9.59 Å². The van der Waals surface area contributed by atoms with Gasteiger partial charge < -0.3 is 15.2 Å². The standard InChI is InChI=1S/C9H16NO4/c1-3-14-9(13)8(6-11)4-5-10-7(2)12/h4,8,11H,3,5-6H2,1-2H3,(H,10,12). The number of rotatable bonds is 6. The molecule has 0 saturated heterocycles. The van der Waals surface area contributed by atoms with E-state index in [-0.39, 0.29) is 25.7 Å². The number of amides is 1. The maximum absolute atomic E-state index is 11.1. The van der Waals surface area contributed by atoms with E-state index in [1.165, 1.54) is 13.3 Å². The Morgan fingerprint density at radius 1 is 1.57 bits per heavy atom. The quantitative estimate of drug-likeness (QED) is 0.569. The van der Waals surface area contributed by atoms with E-state index in [2.05, 4.69) is 5.32 Å². The van der Waals surface area contributed by atoms with Crippen LogP contribution < -0.4 is 5.32 Å². The number of carbonyl (C=O) groups excluding carboxylic acids is 2. The molecule has 1 amide bonds. The Balaban J connectivity index is 3.78. The van der Waals surface area contributed by atoms with Crippen LogP contribution in [-0.4, -0.2) is 36.7 Å². The van der Waals surface area contributed by atoms with Crippen LogP contribution in [0, 0.1) is 12.3 Å². The van der Waals surface area contributed by atoms with Crippen LogP contribution in [0.25, 0.3) is 0 Å². The van der Waals surface area contributed by atoms with Crippen molar-refractivity contribution < 1.29 is 19.4 Å². The summed E-state index contributed by atoms with van der Waals surface area (Å²) in [6.07, 6.45) is 1.51. The van der Waals surface area contributed by atoms with Gasteiger partial charge in [0.25, 0.3) is 0 Å². The Bertz CT molecular complexity index is 193. The molecule has 0 bridgehead atoms. The molecule has 0 rings (SSSR count). The molecular weight excluding hydrogens is 186 g/mol. The van der Waals surface area contributed by atoms with Crippen LogP contribution in [0.5, 0.6) is 0 Å². The summed E-state index contributed by atoms with van der Waals surface area (Å²) in [5.41, 5.74) is 0. The van der Waals surface area contributed by atoms with Crippen molar-refractivity contribution >= 4 is 11.9 Å². The van der Waals surface area contributed by atoms with Gasteiger partial charge in [-0.2, -0.15) is 0 Å². The molecule has 1 radical (unpaired) electrons. The van der Waals surface area contributed by atoms with Gasteiger partial charge in [0.1, 0.15) is 0 Å². The number of aliphatic hydroxyl groups is 1. The topological polar surface area (TPSA) is 75.6 Å². The van der Waals surface area contributed by atoms with E-state index < -0.39 is 11.9 Å². The highest BCUT2D eigenvalue weighted by Gasteiger charge is 2.18. The third-order valence-electron chi connectivity index (χ3n) is 1.54. The lowest BCUT2D eigenvalue weighted by Gasteiger charge is -2.12. The lowest BCUT2D eigenvalue weighted by atomic mass is 10.1. The SMILES string of the molecule is CCOC(=O)C([CH]CNC(C)=O)CO. The van der Waals surface area contributed by atoms with Crippen LogP contribution in [0.2, 0.25) is 0 Å². The smallest absolute Gasteiger partial charge is 0.311 e. The molecule has 1 atom stereocenters. The number of aliphatic hydroxyl groups excluding tert-OH is 1. The molecule has 0 saturated carbocycles. The van der Waals surface area contributed by atoms with Crippen molar-refractivity contribution in [3.63, 3.8) is 0 Å². The van der Waals surface area contributed by atoms with Crippen molar-refractivity contribution in [3.8, 4) is 0 Å². The number of esters is 1. The fourth-order valence-corrected chi connectivity index (χ4v) is 0.840. The highest BCUT2D eigenvalue weighted by molar-refractivity contribution is 5.75. The lowest BCUT2D eigenvalue weighted by molar-refractivity contribution is -0.148. The number of hydrogen-bond acceptors (Lipinski definition) is 4. The molecule has 0 fully saturated rings. The number of hydrogen-bond donors (Lipinski definition) is 2. The van der Waals surface area contributed by atoms with Crippen molar-refractivity contribution in [2.75, 3.05) is 19.8 Å². The Morgan fingerprint density at radius 3 is 2.64 bits per heavy atom. The minimum absolute atomic E-state index is 0.179. The molecule has 0 heterocycles. The van der Waals surface area contributed by atoms with Gasteiger partial charge in [0.15, 0.2) is 0 Å². The molecular formula is C9H16NO4. The van der Waals surface area contributed by atoms with Crippen LogP contribution in [0.15, 0.2) is 0 Å². The maximum Gasteiger partial charge on any atom is 0.311 e. The second kappa shape index (κ2) is 7.32. The van der Waals surface area contributed by atoms with Gasteiger partial charge in [-0.1, -0.05) is 0 Å². The summed E-state index contributed by atoms with van der Waals surface area (Å²) in [6, 6.07) is 0. The third kappa shape index (κ3) is 5.53. The number of nitrogens with one attached hydrogen (secondary N) is 1. The van der Waals surface area contributed by atoms with E-state index in [4.69, 9.17) is 9.84 Å². The third-order valence-corrected chi connectivity index (χ3v) is 1.54. The van der Waals surface area contributed by atoms with Gasteiger partial charge in [0.2, 0.25) is 5.91 Å². The molecule has 0 aromatic rings. The zero-order valence-electron chi connectivity index (χ0n) is 8.45.